The average molecular weight is 274 g/mol. The molecular formula is C14H14N2O2S. The lowest BCUT2D eigenvalue weighted by Crippen LogP contribution is -2.27. The zero-order chi connectivity index (χ0) is 13.2. The number of rotatable bonds is 3. The van der Waals surface area contributed by atoms with E-state index in [1.165, 1.54) is 21.2 Å². The van der Waals surface area contributed by atoms with E-state index in [2.05, 4.69) is 23.3 Å². The minimum atomic E-state index is -0.0858. The minimum absolute atomic E-state index is 0.0858. The van der Waals surface area contributed by atoms with Gasteiger partial charge in [-0.25, -0.2) is 4.68 Å². The number of hydrogen-bond donors (Lipinski definition) is 0. The fraction of sp³-hybridized carbons (Fsp3) is 0.286. The smallest absolute Gasteiger partial charge is 0.267 e. The van der Waals surface area contributed by atoms with Crippen molar-refractivity contribution in [2.24, 2.45) is 0 Å². The molecule has 0 aliphatic carbocycles. The maximum Gasteiger partial charge on any atom is 0.267 e. The first kappa shape index (κ1) is 12.3. The van der Waals surface area contributed by atoms with Crippen LogP contribution in [0.2, 0.25) is 0 Å². The van der Waals surface area contributed by atoms with Gasteiger partial charge in [0.1, 0.15) is 0 Å². The molecule has 0 N–H and O–H groups in total. The summed E-state index contributed by atoms with van der Waals surface area (Å²) in [6.07, 6.45) is 0.978. The van der Waals surface area contributed by atoms with Crippen molar-refractivity contribution in [3.8, 4) is 5.88 Å². The summed E-state index contributed by atoms with van der Waals surface area (Å²) in [5, 5.41) is 4.54. The van der Waals surface area contributed by atoms with E-state index in [-0.39, 0.29) is 5.56 Å². The first-order valence-electron chi connectivity index (χ1n) is 6.13. The molecular weight excluding hydrogens is 260 g/mol. The van der Waals surface area contributed by atoms with Crippen molar-refractivity contribution in [3.63, 3.8) is 0 Å². The Bertz CT molecular complexity index is 629. The van der Waals surface area contributed by atoms with Crippen LogP contribution in [0.15, 0.2) is 46.1 Å². The van der Waals surface area contributed by atoms with Crippen LogP contribution in [0, 0.1) is 0 Å². The third kappa shape index (κ3) is 2.51. The Morgan fingerprint density at radius 3 is 3.00 bits per heavy atom. The van der Waals surface area contributed by atoms with Gasteiger partial charge in [-0.15, -0.1) is 16.9 Å². The molecule has 5 heteroatoms. The van der Waals surface area contributed by atoms with Crippen molar-refractivity contribution in [2.45, 2.75) is 23.1 Å². The second-order valence-electron chi connectivity index (χ2n) is 4.45. The summed E-state index contributed by atoms with van der Waals surface area (Å²) < 4.78 is 6.55. The van der Waals surface area contributed by atoms with E-state index in [0.717, 1.165) is 6.42 Å². The highest BCUT2D eigenvalue weighted by Crippen LogP contribution is 2.37. The van der Waals surface area contributed by atoms with E-state index in [9.17, 15) is 4.79 Å². The first-order chi connectivity index (χ1) is 9.26. The van der Waals surface area contributed by atoms with Gasteiger partial charge in [-0.1, -0.05) is 18.2 Å². The van der Waals surface area contributed by atoms with Crippen LogP contribution in [0.1, 0.15) is 5.56 Å². The van der Waals surface area contributed by atoms with E-state index in [4.69, 9.17) is 4.74 Å². The maximum absolute atomic E-state index is 11.8. The van der Waals surface area contributed by atoms with Gasteiger partial charge in [0.2, 0.25) is 5.88 Å². The second-order valence-corrected chi connectivity index (χ2v) is 5.79. The van der Waals surface area contributed by atoms with Crippen LogP contribution < -0.4 is 10.3 Å². The molecule has 4 nitrogen and oxygen atoms in total. The summed E-state index contributed by atoms with van der Waals surface area (Å²) in [5.41, 5.74) is 1.27. The molecule has 0 saturated carbocycles. The summed E-state index contributed by atoms with van der Waals surface area (Å²) in [5.74, 6) is 0.472. The highest BCUT2D eigenvalue weighted by atomic mass is 32.2. The third-order valence-corrected chi connectivity index (χ3v) is 4.44. The predicted molar refractivity (Wildman–Crippen MR) is 74.8 cm³/mol. The second kappa shape index (κ2) is 5.09. The van der Waals surface area contributed by atoms with E-state index in [1.807, 2.05) is 17.8 Å². The van der Waals surface area contributed by atoms with Gasteiger partial charge >= 0.3 is 0 Å². The monoisotopic (exact) mass is 274 g/mol. The van der Waals surface area contributed by atoms with Gasteiger partial charge in [-0.3, -0.25) is 4.79 Å². The van der Waals surface area contributed by atoms with Gasteiger partial charge < -0.3 is 4.74 Å². The normalized spacial score (nSPS) is 17.2. The molecule has 0 bridgehead atoms. The molecule has 1 aliphatic rings. The summed E-state index contributed by atoms with van der Waals surface area (Å²) in [4.78, 5) is 13.1. The van der Waals surface area contributed by atoms with E-state index >= 15 is 0 Å². The molecule has 1 atom stereocenters. The zero-order valence-corrected chi connectivity index (χ0v) is 11.4. The molecule has 0 fully saturated rings. The molecule has 19 heavy (non-hydrogen) atoms. The van der Waals surface area contributed by atoms with Crippen molar-refractivity contribution >= 4 is 11.8 Å². The number of fused-ring (bicyclic) bond motifs is 1. The Morgan fingerprint density at radius 2 is 2.21 bits per heavy atom. The number of methoxy groups -OCH3 is 1. The molecule has 1 aromatic heterocycles. The summed E-state index contributed by atoms with van der Waals surface area (Å²) in [6.45, 7) is 0.607. The predicted octanol–water partition coefficient (Wildman–Crippen LogP) is 1.97. The Kier molecular flexibility index (Phi) is 3.29. The highest BCUT2D eigenvalue weighted by molar-refractivity contribution is 8.00. The van der Waals surface area contributed by atoms with Crippen molar-refractivity contribution < 1.29 is 4.74 Å². The number of thioether (sulfide) groups is 1. The molecule has 0 radical (unpaired) electrons. The fourth-order valence-corrected chi connectivity index (χ4v) is 3.52. The lowest BCUT2D eigenvalue weighted by Gasteiger charge is -2.10. The van der Waals surface area contributed by atoms with Gasteiger partial charge in [-0.05, 0) is 18.1 Å². The van der Waals surface area contributed by atoms with E-state index < -0.39 is 0 Å². The van der Waals surface area contributed by atoms with Crippen LogP contribution >= 0.6 is 11.8 Å². The molecule has 1 unspecified atom stereocenters. The molecule has 0 amide bonds. The average Bonchev–Trinajstić information content (AvgIpc) is 2.83. The summed E-state index contributed by atoms with van der Waals surface area (Å²) >= 11 is 1.81. The van der Waals surface area contributed by atoms with E-state index in [0.29, 0.717) is 17.7 Å². The lowest BCUT2D eigenvalue weighted by molar-refractivity contribution is 0.375. The van der Waals surface area contributed by atoms with Crippen LogP contribution in [-0.4, -0.2) is 22.1 Å². The molecule has 0 saturated heterocycles. The number of nitrogens with zero attached hydrogens (tertiary/aromatic N) is 2. The van der Waals surface area contributed by atoms with Crippen molar-refractivity contribution in [3.05, 3.63) is 52.3 Å². The van der Waals surface area contributed by atoms with E-state index in [1.54, 1.807) is 13.2 Å². The van der Waals surface area contributed by atoms with Gasteiger partial charge in [0, 0.05) is 22.3 Å². The number of aromatic nitrogens is 2. The number of ether oxygens (including phenoxy) is 1. The molecule has 98 valence electrons. The minimum Gasteiger partial charge on any atom is -0.480 e. The molecule has 3 rings (SSSR count). The van der Waals surface area contributed by atoms with Gasteiger partial charge in [0.25, 0.3) is 5.56 Å². The quantitative estimate of drug-likeness (QED) is 0.858. The third-order valence-electron chi connectivity index (χ3n) is 3.14. The van der Waals surface area contributed by atoms with Crippen molar-refractivity contribution in [1.82, 2.24) is 9.78 Å². The largest absolute Gasteiger partial charge is 0.480 e. The van der Waals surface area contributed by atoms with Crippen LogP contribution in [0.4, 0.5) is 0 Å². The lowest BCUT2D eigenvalue weighted by atomic mass is 10.1. The van der Waals surface area contributed by atoms with Crippen LogP contribution in [0.3, 0.4) is 0 Å². The van der Waals surface area contributed by atoms with Crippen molar-refractivity contribution in [1.29, 1.82) is 0 Å². The molecule has 0 spiro atoms. The summed E-state index contributed by atoms with van der Waals surface area (Å²) in [6, 6.07) is 11.5. The molecule has 1 aromatic carbocycles. The van der Waals surface area contributed by atoms with Gasteiger partial charge in [0.15, 0.2) is 0 Å². The maximum atomic E-state index is 11.8. The Labute approximate surface area is 115 Å². The number of benzene rings is 1. The van der Waals surface area contributed by atoms with Crippen LogP contribution in [0.25, 0.3) is 0 Å². The Morgan fingerprint density at radius 1 is 1.37 bits per heavy atom. The standard InChI is InChI=1S/C14H14N2O2S/c1-18-13-6-7-14(17)16(15-13)9-11-8-10-4-2-3-5-12(10)19-11/h2-7,11H,8-9H2,1H3. The van der Waals surface area contributed by atoms with Crippen molar-refractivity contribution in [2.75, 3.05) is 7.11 Å². The topological polar surface area (TPSA) is 44.1 Å². The van der Waals surface area contributed by atoms with Crippen LogP contribution in [0.5, 0.6) is 5.88 Å². The van der Waals surface area contributed by atoms with Gasteiger partial charge in [-0.2, -0.15) is 0 Å². The van der Waals surface area contributed by atoms with Gasteiger partial charge in [0.05, 0.1) is 13.7 Å². The first-order valence-corrected chi connectivity index (χ1v) is 7.01. The summed E-state index contributed by atoms with van der Waals surface area (Å²) in [7, 11) is 1.55. The van der Waals surface area contributed by atoms with Crippen LogP contribution in [-0.2, 0) is 13.0 Å². The molecule has 1 aliphatic heterocycles. The number of hydrogen-bond acceptors (Lipinski definition) is 4. The zero-order valence-electron chi connectivity index (χ0n) is 10.6. The Balaban J connectivity index is 1.79. The SMILES string of the molecule is COc1ccc(=O)n(CC2Cc3ccccc3S2)n1. The molecule has 2 heterocycles. The fourth-order valence-electron chi connectivity index (χ4n) is 2.22. The highest BCUT2D eigenvalue weighted by Gasteiger charge is 2.22. The molecule has 2 aromatic rings. The Hall–Kier alpha value is -1.75.